The average Bonchev–Trinajstić information content (AvgIpc) is 3.69. The molecule has 0 N–H and O–H groups in total. The van der Waals surface area contributed by atoms with Gasteiger partial charge in [-0.2, -0.15) is 0 Å². The minimum atomic E-state index is -0.0812. The van der Waals surface area contributed by atoms with Crippen LogP contribution in [0.25, 0.3) is 50.9 Å². The Morgan fingerprint density at radius 1 is 0.673 bits per heavy atom. The van der Waals surface area contributed by atoms with Crippen molar-refractivity contribution < 1.29 is 4.42 Å². The molecule has 1 unspecified atom stereocenters. The van der Waals surface area contributed by atoms with Crippen molar-refractivity contribution in [2.24, 2.45) is 5.92 Å². The quantitative estimate of drug-likeness (QED) is 0.182. The minimum Gasteiger partial charge on any atom is -0.456 e. The molecule has 0 amide bonds. The molecule has 6 aromatic rings. The van der Waals surface area contributed by atoms with Crippen LogP contribution >= 0.6 is 0 Å². The molecular weight excluding hydrogens is 631 g/mol. The Kier molecular flexibility index (Phi) is 6.06. The highest BCUT2D eigenvalue weighted by molar-refractivity contribution is 5.92. The number of furan rings is 1. The van der Waals surface area contributed by atoms with Gasteiger partial charge in [0.25, 0.3) is 0 Å². The zero-order valence-electron chi connectivity index (χ0n) is 30.3. The number of allylic oxidation sites excluding steroid dienone is 4. The SMILES string of the molecule is CC1(C)c2ccccc2-c2ccc(N3C4=CC=C(C5=c6oc7ccccc7c6=CCC5)CC4C=Cc4cc5c(cc43)-c3ccccc3C5(C)C)cc21. The Morgan fingerprint density at radius 2 is 1.37 bits per heavy atom. The number of fused-ring (bicyclic) bond motifs is 11. The highest BCUT2D eigenvalue weighted by atomic mass is 16.3. The summed E-state index contributed by atoms with van der Waals surface area (Å²) in [6.07, 6.45) is 15.0. The highest BCUT2D eigenvalue weighted by Crippen LogP contribution is 2.55. The summed E-state index contributed by atoms with van der Waals surface area (Å²) < 4.78 is 6.58. The third-order valence-corrected chi connectivity index (χ3v) is 12.9. The number of hydrogen-bond acceptors (Lipinski definition) is 2. The fourth-order valence-corrected chi connectivity index (χ4v) is 10.2. The molecule has 0 saturated carbocycles. The minimum absolute atomic E-state index is 0.0605. The van der Waals surface area contributed by atoms with Gasteiger partial charge in [0.15, 0.2) is 0 Å². The van der Waals surface area contributed by atoms with E-state index < -0.39 is 0 Å². The molecule has 11 rings (SSSR count). The molecule has 252 valence electrons. The first kappa shape index (κ1) is 30.1. The van der Waals surface area contributed by atoms with Crippen LogP contribution < -0.4 is 15.5 Å². The van der Waals surface area contributed by atoms with E-state index in [2.05, 4.69) is 166 Å². The summed E-state index contributed by atoms with van der Waals surface area (Å²) in [5.41, 5.74) is 20.8. The van der Waals surface area contributed by atoms with Crippen molar-refractivity contribution >= 4 is 40.1 Å². The highest BCUT2D eigenvalue weighted by Gasteiger charge is 2.39. The van der Waals surface area contributed by atoms with Crippen LogP contribution in [0.2, 0.25) is 0 Å². The summed E-state index contributed by atoms with van der Waals surface area (Å²) in [6, 6.07) is 38.6. The molecule has 2 nitrogen and oxygen atoms in total. The molecule has 5 aliphatic rings. The average molecular weight is 672 g/mol. The third-order valence-electron chi connectivity index (χ3n) is 12.9. The first-order valence-electron chi connectivity index (χ1n) is 18.9. The van der Waals surface area contributed by atoms with Gasteiger partial charge in [-0.05, 0) is 117 Å². The van der Waals surface area contributed by atoms with Crippen LogP contribution in [-0.4, -0.2) is 0 Å². The van der Waals surface area contributed by atoms with E-state index in [1.807, 2.05) is 0 Å². The van der Waals surface area contributed by atoms with Crippen molar-refractivity contribution in [2.45, 2.75) is 57.8 Å². The number of anilines is 2. The Labute approximate surface area is 305 Å². The fourth-order valence-electron chi connectivity index (χ4n) is 10.2. The lowest BCUT2D eigenvalue weighted by Crippen LogP contribution is -2.28. The molecule has 0 spiro atoms. The van der Waals surface area contributed by atoms with E-state index >= 15 is 0 Å². The van der Waals surface area contributed by atoms with Crippen molar-refractivity contribution in [1.82, 2.24) is 0 Å². The van der Waals surface area contributed by atoms with Gasteiger partial charge in [-0.25, -0.2) is 0 Å². The Hall–Kier alpha value is -5.60. The van der Waals surface area contributed by atoms with Gasteiger partial charge in [0.1, 0.15) is 11.0 Å². The fraction of sp³-hybridized carbons (Fsp3) is 0.200. The normalized spacial score (nSPS) is 19.7. The van der Waals surface area contributed by atoms with Crippen LogP contribution in [0.1, 0.15) is 74.8 Å². The number of benzene rings is 5. The van der Waals surface area contributed by atoms with Crippen LogP contribution in [0, 0.1) is 5.92 Å². The number of para-hydroxylation sites is 1. The molecular formula is C50H41NO. The van der Waals surface area contributed by atoms with Crippen LogP contribution in [0.3, 0.4) is 0 Å². The van der Waals surface area contributed by atoms with E-state index in [9.17, 15) is 0 Å². The number of hydrogen-bond donors (Lipinski definition) is 0. The van der Waals surface area contributed by atoms with E-state index in [1.54, 1.807) is 0 Å². The standard InChI is InChI=1S/C50H41NO/c1-49(2)42-18-9-6-13-36(42)40-29-46-32(27-43(40)49)21-20-31-26-30(34-15-11-16-39-38-14-7-10-19-47(38)52-48(34)39)22-25-45(31)51(46)33-23-24-37-35-12-5-8-17-41(35)50(3,4)44(37)28-33/h5-10,12-14,16-25,27-29,31H,11,15,26H2,1-4H3. The Balaban J connectivity index is 1.13. The molecule has 0 fully saturated rings. The molecule has 0 radical (unpaired) electrons. The molecule has 52 heavy (non-hydrogen) atoms. The third kappa shape index (κ3) is 4.01. The van der Waals surface area contributed by atoms with Gasteiger partial charge in [0.2, 0.25) is 0 Å². The Bertz CT molecular complexity index is 2780. The molecule has 0 saturated heterocycles. The first-order valence-corrected chi connectivity index (χ1v) is 18.9. The van der Waals surface area contributed by atoms with Gasteiger partial charge < -0.3 is 9.32 Å². The van der Waals surface area contributed by atoms with Gasteiger partial charge in [0, 0.05) is 38.7 Å². The summed E-state index contributed by atoms with van der Waals surface area (Å²) in [7, 11) is 0. The first-order chi connectivity index (χ1) is 25.3. The maximum Gasteiger partial charge on any atom is 0.138 e. The predicted molar refractivity (Wildman–Crippen MR) is 216 cm³/mol. The van der Waals surface area contributed by atoms with E-state index in [0.717, 1.165) is 30.3 Å². The van der Waals surface area contributed by atoms with Crippen molar-refractivity contribution in [3.05, 3.63) is 171 Å². The molecule has 2 heteroatoms. The lowest BCUT2D eigenvalue weighted by molar-refractivity contribution is 0.566. The largest absolute Gasteiger partial charge is 0.456 e. The Morgan fingerprint density at radius 3 is 2.17 bits per heavy atom. The predicted octanol–water partition coefficient (Wildman–Crippen LogP) is 11.5. The van der Waals surface area contributed by atoms with E-state index in [4.69, 9.17) is 4.42 Å². The second-order valence-electron chi connectivity index (χ2n) is 16.4. The van der Waals surface area contributed by atoms with Crippen LogP contribution in [0.4, 0.5) is 11.4 Å². The topological polar surface area (TPSA) is 16.4 Å². The molecule has 1 aliphatic heterocycles. The van der Waals surface area contributed by atoms with E-state index in [-0.39, 0.29) is 16.7 Å². The second kappa shape index (κ2) is 10.5. The van der Waals surface area contributed by atoms with Crippen molar-refractivity contribution in [1.29, 1.82) is 0 Å². The zero-order chi connectivity index (χ0) is 34.9. The van der Waals surface area contributed by atoms with E-state index in [0.29, 0.717) is 0 Å². The van der Waals surface area contributed by atoms with Gasteiger partial charge >= 0.3 is 0 Å². The lowest BCUT2D eigenvalue weighted by atomic mass is 9.81. The van der Waals surface area contributed by atoms with Gasteiger partial charge in [-0.3, -0.25) is 0 Å². The van der Waals surface area contributed by atoms with Gasteiger partial charge in [0.05, 0.1) is 5.69 Å². The summed E-state index contributed by atoms with van der Waals surface area (Å²) in [4.78, 5) is 2.59. The number of rotatable bonds is 2. The second-order valence-corrected chi connectivity index (χ2v) is 16.4. The molecule has 1 atom stereocenters. The van der Waals surface area contributed by atoms with Crippen molar-refractivity contribution in [3.8, 4) is 22.3 Å². The van der Waals surface area contributed by atoms with Gasteiger partial charge in [-0.15, -0.1) is 0 Å². The summed E-state index contributed by atoms with van der Waals surface area (Å²) in [5.74, 6) is 0.215. The molecule has 0 bridgehead atoms. The van der Waals surface area contributed by atoms with Crippen LogP contribution in [0.5, 0.6) is 0 Å². The summed E-state index contributed by atoms with van der Waals surface area (Å²) in [5, 5.41) is 2.48. The summed E-state index contributed by atoms with van der Waals surface area (Å²) >= 11 is 0. The van der Waals surface area contributed by atoms with Crippen LogP contribution in [-0.2, 0) is 10.8 Å². The monoisotopic (exact) mass is 671 g/mol. The maximum absolute atomic E-state index is 6.58. The zero-order valence-corrected chi connectivity index (χ0v) is 30.3. The smallest absolute Gasteiger partial charge is 0.138 e. The molecule has 2 heterocycles. The summed E-state index contributed by atoms with van der Waals surface area (Å²) in [6.45, 7) is 9.53. The van der Waals surface area contributed by atoms with Gasteiger partial charge in [-0.1, -0.05) is 125 Å². The van der Waals surface area contributed by atoms with E-state index in [1.165, 1.54) is 88.9 Å². The molecule has 4 aliphatic carbocycles. The maximum atomic E-state index is 6.58. The lowest BCUT2D eigenvalue weighted by Gasteiger charge is -2.35. The molecule has 1 aromatic heterocycles. The molecule has 5 aromatic carbocycles. The van der Waals surface area contributed by atoms with Crippen molar-refractivity contribution in [2.75, 3.05) is 4.90 Å². The van der Waals surface area contributed by atoms with Crippen molar-refractivity contribution in [3.63, 3.8) is 0 Å². The number of nitrogens with zero attached hydrogens (tertiary/aromatic N) is 1. The van der Waals surface area contributed by atoms with Crippen LogP contribution in [0.15, 0.2) is 137 Å².